The average Bonchev–Trinajstić information content (AvgIpc) is 2.53. The van der Waals surface area contributed by atoms with Crippen molar-refractivity contribution >= 4 is 26.8 Å². The number of aryl methyl sites for hydroxylation is 1. The van der Waals surface area contributed by atoms with Crippen LogP contribution in [0.15, 0.2) is 51.7 Å². The number of rotatable bonds is 3. The van der Waals surface area contributed by atoms with Crippen molar-refractivity contribution in [2.24, 2.45) is 0 Å². The van der Waals surface area contributed by atoms with Crippen molar-refractivity contribution in [1.82, 2.24) is 4.98 Å². The molecule has 3 aromatic rings. The summed E-state index contributed by atoms with van der Waals surface area (Å²) in [7, 11) is 1.64. The monoisotopic (exact) mass is 357 g/mol. The first-order valence-electron chi connectivity index (χ1n) is 7.02. The minimum atomic E-state index is 0.0865. The van der Waals surface area contributed by atoms with Gasteiger partial charge in [0.05, 0.1) is 7.11 Å². The molecule has 1 heterocycles. The van der Waals surface area contributed by atoms with Gasteiger partial charge in [0.1, 0.15) is 5.75 Å². The molecule has 22 heavy (non-hydrogen) atoms. The molecular weight excluding hydrogens is 342 g/mol. The number of ether oxygens (including phenoxy) is 1. The molecule has 1 N–H and O–H groups in total. The molecule has 2 aromatic carbocycles. The first-order valence-corrected chi connectivity index (χ1v) is 7.81. The van der Waals surface area contributed by atoms with Crippen molar-refractivity contribution in [2.45, 2.75) is 13.3 Å². The van der Waals surface area contributed by atoms with Crippen LogP contribution in [-0.2, 0) is 6.42 Å². The lowest BCUT2D eigenvalue weighted by atomic mass is 10.0. The molecular formula is C18H16BrNO2. The topological polar surface area (TPSA) is 42.1 Å². The first-order chi connectivity index (χ1) is 10.6. The van der Waals surface area contributed by atoms with E-state index in [0.29, 0.717) is 11.8 Å². The number of fused-ring (bicyclic) bond motifs is 1. The molecule has 3 nitrogen and oxygen atoms in total. The predicted octanol–water partition coefficient (Wildman–Crippen LogP) is 4.20. The van der Waals surface area contributed by atoms with E-state index in [2.05, 4.69) is 20.9 Å². The molecule has 1 aromatic heterocycles. The maximum atomic E-state index is 12.8. The number of aromatic nitrogens is 1. The quantitative estimate of drug-likeness (QED) is 0.763. The Morgan fingerprint density at radius 3 is 2.55 bits per heavy atom. The van der Waals surface area contributed by atoms with E-state index in [1.165, 1.54) is 0 Å². The molecule has 0 amide bonds. The Bertz CT molecular complexity index is 882. The zero-order valence-corrected chi connectivity index (χ0v) is 14.0. The molecule has 0 saturated heterocycles. The second kappa shape index (κ2) is 5.97. The van der Waals surface area contributed by atoms with Crippen LogP contribution in [0.1, 0.15) is 16.8 Å². The molecule has 0 aliphatic heterocycles. The van der Waals surface area contributed by atoms with Crippen LogP contribution in [0.4, 0.5) is 0 Å². The number of nitrogens with one attached hydrogen (secondary N) is 1. The van der Waals surface area contributed by atoms with Gasteiger partial charge in [0.2, 0.25) is 0 Å². The fourth-order valence-corrected chi connectivity index (χ4v) is 2.95. The maximum Gasteiger partial charge on any atom is 0.193 e. The SMILES string of the molecule is COc1ccc(Cc2c(C)[nH]c3ccc(Br)cc3c2=O)cc1. The van der Waals surface area contributed by atoms with E-state index in [4.69, 9.17) is 4.74 Å². The second-order valence-corrected chi connectivity index (χ2v) is 6.19. The van der Waals surface area contributed by atoms with Gasteiger partial charge in [0.15, 0.2) is 5.43 Å². The molecule has 0 bridgehead atoms. The third-order valence-corrected chi connectivity index (χ3v) is 4.31. The minimum Gasteiger partial charge on any atom is -0.497 e. The first kappa shape index (κ1) is 14.9. The smallest absolute Gasteiger partial charge is 0.193 e. The van der Waals surface area contributed by atoms with Gasteiger partial charge in [0, 0.05) is 33.1 Å². The van der Waals surface area contributed by atoms with E-state index in [0.717, 1.165) is 32.6 Å². The van der Waals surface area contributed by atoms with Crippen LogP contribution in [-0.4, -0.2) is 12.1 Å². The van der Waals surface area contributed by atoms with Crippen LogP contribution in [0.25, 0.3) is 10.9 Å². The number of H-pyrrole nitrogens is 1. The van der Waals surface area contributed by atoms with Gasteiger partial charge in [-0.2, -0.15) is 0 Å². The van der Waals surface area contributed by atoms with Crippen molar-refractivity contribution in [3.63, 3.8) is 0 Å². The van der Waals surface area contributed by atoms with Crippen molar-refractivity contribution in [3.8, 4) is 5.75 Å². The number of hydrogen-bond acceptors (Lipinski definition) is 2. The number of methoxy groups -OCH3 is 1. The molecule has 0 atom stereocenters. The molecule has 0 saturated carbocycles. The summed E-state index contributed by atoms with van der Waals surface area (Å²) in [6, 6.07) is 13.5. The molecule has 4 heteroatoms. The number of benzene rings is 2. The van der Waals surface area contributed by atoms with E-state index >= 15 is 0 Å². The van der Waals surface area contributed by atoms with Gasteiger partial charge in [0.25, 0.3) is 0 Å². The lowest BCUT2D eigenvalue weighted by molar-refractivity contribution is 0.414. The summed E-state index contributed by atoms with van der Waals surface area (Å²) < 4.78 is 6.07. The molecule has 0 aliphatic carbocycles. The van der Waals surface area contributed by atoms with Gasteiger partial charge in [-0.3, -0.25) is 4.79 Å². The molecule has 0 spiro atoms. The molecule has 0 unspecified atom stereocenters. The summed E-state index contributed by atoms with van der Waals surface area (Å²) in [5, 5.41) is 0.712. The van der Waals surface area contributed by atoms with Gasteiger partial charge < -0.3 is 9.72 Å². The van der Waals surface area contributed by atoms with Crippen molar-refractivity contribution in [3.05, 3.63) is 74.0 Å². The zero-order chi connectivity index (χ0) is 15.7. The summed E-state index contributed by atoms with van der Waals surface area (Å²) in [4.78, 5) is 16.1. The molecule has 0 aliphatic rings. The van der Waals surface area contributed by atoms with Crippen LogP contribution >= 0.6 is 15.9 Å². The number of pyridine rings is 1. The van der Waals surface area contributed by atoms with Crippen LogP contribution in [0.2, 0.25) is 0 Å². The Hall–Kier alpha value is -2.07. The Labute approximate surface area is 137 Å². The van der Waals surface area contributed by atoms with Crippen LogP contribution in [0, 0.1) is 6.92 Å². The molecule has 0 fully saturated rings. The zero-order valence-electron chi connectivity index (χ0n) is 12.4. The maximum absolute atomic E-state index is 12.8. The lowest BCUT2D eigenvalue weighted by Gasteiger charge is -2.09. The van der Waals surface area contributed by atoms with E-state index in [1.54, 1.807) is 7.11 Å². The Morgan fingerprint density at radius 2 is 1.86 bits per heavy atom. The molecule has 0 radical (unpaired) electrons. The van der Waals surface area contributed by atoms with E-state index < -0.39 is 0 Å². The fraction of sp³-hybridized carbons (Fsp3) is 0.167. The Kier molecular flexibility index (Phi) is 4.03. The van der Waals surface area contributed by atoms with Crippen molar-refractivity contribution < 1.29 is 4.74 Å². The van der Waals surface area contributed by atoms with Gasteiger partial charge in [-0.1, -0.05) is 28.1 Å². The fourth-order valence-electron chi connectivity index (χ4n) is 2.58. The van der Waals surface area contributed by atoms with Crippen LogP contribution in [0.3, 0.4) is 0 Å². The highest BCUT2D eigenvalue weighted by molar-refractivity contribution is 9.10. The Morgan fingerprint density at radius 1 is 1.14 bits per heavy atom. The van der Waals surface area contributed by atoms with Crippen LogP contribution < -0.4 is 10.2 Å². The average molecular weight is 358 g/mol. The highest BCUT2D eigenvalue weighted by atomic mass is 79.9. The van der Waals surface area contributed by atoms with E-state index in [1.807, 2.05) is 49.4 Å². The number of aromatic amines is 1. The van der Waals surface area contributed by atoms with Gasteiger partial charge >= 0.3 is 0 Å². The van der Waals surface area contributed by atoms with Gasteiger partial charge in [-0.05, 0) is 42.8 Å². The predicted molar refractivity (Wildman–Crippen MR) is 92.8 cm³/mol. The standard InChI is InChI=1S/C18H16BrNO2/c1-11-15(9-12-3-6-14(22-2)7-4-12)18(21)16-10-13(19)5-8-17(16)20-11/h3-8,10H,9H2,1-2H3,(H,20,21). The van der Waals surface area contributed by atoms with Crippen molar-refractivity contribution in [2.75, 3.05) is 7.11 Å². The minimum absolute atomic E-state index is 0.0865. The molecule has 112 valence electrons. The van der Waals surface area contributed by atoms with E-state index in [9.17, 15) is 4.79 Å². The highest BCUT2D eigenvalue weighted by Crippen LogP contribution is 2.19. The summed E-state index contributed by atoms with van der Waals surface area (Å²) >= 11 is 3.43. The summed E-state index contributed by atoms with van der Waals surface area (Å²) in [5.74, 6) is 0.817. The Balaban J connectivity index is 2.07. The van der Waals surface area contributed by atoms with Crippen LogP contribution in [0.5, 0.6) is 5.75 Å². The normalized spacial score (nSPS) is 10.9. The van der Waals surface area contributed by atoms with Crippen molar-refractivity contribution in [1.29, 1.82) is 0 Å². The number of hydrogen-bond donors (Lipinski definition) is 1. The highest BCUT2D eigenvalue weighted by Gasteiger charge is 2.10. The summed E-state index contributed by atoms with van der Waals surface area (Å²) in [6.07, 6.45) is 0.605. The van der Waals surface area contributed by atoms with Gasteiger partial charge in [-0.25, -0.2) is 0 Å². The third-order valence-electron chi connectivity index (χ3n) is 3.82. The lowest BCUT2D eigenvalue weighted by Crippen LogP contribution is -2.13. The van der Waals surface area contributed by atoms with E-state index in [-0.39, 0.29) is 5.43 Å². The van der Waals surface area contributed by atoms with Gasteiger partial charge in [-0.15, -0.1) is 0 Å². The summed E-state index contributed by atoms with van der Waals surface area (Å²) in [6.45, 7) is 1.95. The second-order valence-electron chi connectivity index (χ2n) is 5.27. The third kappa shape index (κ3) is 2.79. The summed E-state index contributed by atoms with van der Waals surface area (Å²) in [5.41, 5.74) is 3.75. The molecule has 3 rings (SSSR count). The largest absolute Gasteiger partial charge is 0.497 e. The number of halogens is 1.